The Balaban J connectivity index is 1.72. The van der Waals surface area contributed by atoms with Gasteiger partial charge in [0.2, 0.25) is 0 Å². The Morgan fingerprint density at radius 1 is 1.31 bits per heavy atom. The van der Waals surface area contributed by atoms with Gasteiger partial charge in [-0.05, 0) is 25.7 Å². The average Bonchev–Trinajstić information content (AvgIpc) is 2.62. The van der Waals surface area contributed by atoms with E-state index in [9.17, 15) is 0 Å². The van der Waals surface area contributed by atoms with Gasteiger partial charge in [0, 0.05) is 17.6 Å². The number of ether oxygens (including phenoxy) is 1. The number of rotatable bonds is 4. The number of hydrogen-bond donors (Lipinski definition) is 1. The quantitative estimate of drug-likeness (QED) is 0.856. The lowest BCUT2D eigenvalue weighted by molar-refractivity contribution is -0.0621. The molecule has 2 rings (SSSR count). The Hall–Kier alpha value is 0.140. The van der Waals surface area contributed by atoms with Crippen molar-refractivity contribution in [3.05, 3.63) is 11.1 Å². The van der Waals surface area contributed by atoms with Crippen molar-refractivity contribution in [2.75, 3.05) is 13.1 Å². The van der Waals surface area contributed by atoms with Crippen LogP contribution in [0.15, 0.2) is 11.1 Å². The summed E-state index contributed by atoms with van der Waals surface area (Å²) in [5, 5.41) is 3.38. The minimum atomic E-state index is 0.260. The lowest BCUT2D eigenvalue weighted by Crippen LogP contribution is -2.34. The van der Waals surface area contributed by atoms with Gasteiger partial charge in [0.05, 0.1) is 11.7 Å². The molecule has 0 amide bonds. The van der Waals surface area contributed by atoms with Crippen LogP contribution in [0.4, 0.5) is 0 Å². The van der Waals surface area contributed by atoms with Crippen LogP contribution in [-0.2, 0) is 4.74 Å². The van der Waals surface area contributed by atoms with Gasteiger partial charge in [-0.2, -0.15) is 0 Å². The fourth-order valence-corrected chi connectivity index (χ4v) is 3.17. The van der Waals surface area contributed by atoms with Crippen LogP contribution in [0.3, 0.4) is 0 Å². The van der Waals surface area contributed by atoms with E-state index < -0.39 is 0 Å². The van der Waals surface area contributed by atoms with Gasteiger partial charge in [-0.15, -0.1) is 0 Å². The van der Waals surface area contributed by atoms with E-state index in [2.05, 4.69) is 27.8 Å². The molecule has 0 bridgehead atoms. The van der Waals surface area contributed by atoms with E-state index in [1.807, 2.05) is 0 Å². The molecular formula is C13H22BrNO. The second kappa shape index (κ2) is 5.65. The molecule has 0 aromatic heterocycles. The molecule has 2 fully saturated rings. The molecule has 1 aliphatic carbocycles. The molecule has 0 radical (unpaired) electrons. The summed E-state index contributed by atoms with van der Waals surface area (Å²) in [6.45, 7) is 5.62. The summed E-state index contributed by atoms with van der Waals surface area (Å²) in [6.07, 6.45) is 9.61. The van der Waals surface area contributed by atoms with Crippen LogP contribution < -0.4 is 5.32 Å². The minimum Gasteiger partial charge on any atom is -0.370 e. The maximum atomic E-state index is 6.26. The highest BCUT2D eigenvalue weighted by atomic mass is 79.9. The summed E-state index contributed by atoms with van der Waals surface area (Å²) < 4.78 is 7.28. The largest absolute Gasteiger partial charge is 0.370 e. The summed E-state index contributed by atoms with van der Waals surface area (Å²) >= 11 is 3.36. The third-order valence-corrected chi connectivity index (χ3v) is 4.07. The summed E-state index contributed by atoms with van der Waals surface area (Å²) in [4.78, 5) is 0. The molecule has 3 heteroatoms. The smallest absolute Gasteiger partial charge is 0.0708 e. The third-order valence-electron chi connectivity index (χ3n) is 3.79. The minimum absolute atomic E-state index is 0.260. The molecule has 1 aliphatic heterocycles. The summed E-state index contributed by atoms with van der Waals surface area (Å²) in [7, 11) is 0. The van der Waals surface area contributed by atoms with E-state index >= 15 is 0 Å². The number of halogens is 1. The highest BCUT2D eigenvalue weighted by molar-refractivity contribution is 9.11. The highest BCUT2D eigenvalue weighted by Gasteiger charge is 2.40. The van der Waals surface area contributed by atoms with Crippen molar-refractivity contribution >= 4 is 15.9 Å². The van der Waals surface area contributed by atoms with E-state index in [1.54, 1.807) is 0 Å². The molecule has 1 saturated carbocycles. The first-order chi connectivity index (χ1) is 7.70. The van der Waals surface area contributed by atoms with Crippen LogP contribution in [0, 0.1) is 0 Å². The highest BCUT2D eigenvalue weighted by Crippen LogP contribution is 2.41. The van der Waals surface area contributed by atoms with Gasteiger partial charge in [-0.1, -0.05) is 41.8 Å². The van der Waals surface area contributed by atoms with Crippen molar-refractivity contribution in [1.82, 2.24) is 5.32 Å². The maximum absolute atomic E-state index is 6.26. The molecule has 0 aromatic rings. The van der Waals surface area contributed by atoms with E-state index in [4.69, 9.17) is 4.74 Å². The lowest BCUT2D eigenvalue weighted by Gasteiger charge is -2.33. The average molecular weight is 288 g/mol. The maximum Gasteiger partial charge on any atom is 0.0708 e. The SMILES string of the molecule is C=C(Br)CNCC1CCC2(CCCCC2)O1. The molecule has 92 valence electrons. The van der Waals surface area contributed by atoms with Crippen LogP contribution in [0.2, 0.25) is 0 Å². The first-order valence-electron chi connectivity index (χ1n) is 6.42. The molecule has 1 unspecified atom stereocenters. The molecular weight excluding hydrogens is 266 g/mol. The number of nitrogens with one attached hydrogen (secondary N) is 1. The summed E-state index contributed by atoms with van der Waals surface area (Å²) in [6, 6.07) is 0. The molecule has 1 N–H and O–H groups in total. The van der Waals surface area contributed by atoms with Crippen molar-refractivity contribution in [1.29, 1.82) is 0 Å². The lowest BCUT2D eigenvalue weighted by atomic mass is 9.83. The van der Waals surface area contributed by atoms with Crippen molar-refractivity contribution in [3.63, 3.8) is 0 Å². The molecule has 0 aromatic carbocycles. The third kappa shape index (κ3) is 3.31. The summed E-state index contributed by atoms with van der Waals surface area (Å²) in [5.41, 5.74) is 0.260. The van der Waals surface area contributed by atoms with Crippen LogP contribution in [0.25, 0.3) is 0 Å². The fourth-order valence-electron chi connectivity index (χ4n) is 2.97. The molecule has 1 saturated heterocycles. The Morgan fingerprint density at radius 2 is 2.06 bits per heavy atom. The van der Waals surface area contributed by atoms with Crippen LogP contribution >= 0.6 is 15.9 Å². The van der Waals surface area contributed by atoms with Gasteiger partial charge >= 0.3 is 0 Å². The van der Waals surface area contributed by atoms with Gasteiger partial charge in [-0.3, -0.25) is 0 Å². The topological polar surface area (TPSA) is 21.3 Å². The van der Waals surface area contributed by atoms with Gasteiger partial charge in [0.1, 0.15) is 0 Å². The normalized spacial score (nSPS) is 28.4. The standard InChI is InChI=1S/C13H22BrNO/c1-11(14)9-15-10-12-5-8-13(16-12)6-3-2-4-7-13/h12,15H,1-10H2. The van der Waals surface area contributed by atoms with Crippen molar-refractivity contribution in [2.45, 2.75) is 56.7 Å². The van der Waals surface area contributed by atoms with Gasteiger partial charge in [0.25, 0.3) is 0 Å². The molecule has 1 heterocycles. The zero-order valence-electron chi connectivity index (χ0n) is 9.93. The second-order valence-corrected chi connectivity index (χ2v) is 6.29. The first-order valence-corrected chi connectivity index (χ1v) is 7.21. The van der Waals surface area contributed by atoms with Crippen molar-refractivity contribution < 1.29 is 4.74 Å². The van der Waals surface area contributed by atoms with E-state index in [0.717, 1.165) is 17.6 Å². The monoisotopic (exact) mass is 287 g/mol. The Labute approximate surface area is 107 Å². The van der Waals surface area contributed by atoms with E-state index in [0.29, 0.717) is 6.10 Å². The van der Waals surface area contributed by atoms with E-state index in [1.165, 1.54) is 44.9 Å². The zero-order valence-corrected chi connectivity index (χ0v) is 11.5. The van der Waals surface area contributed by atoms with Gasteiger partial charge < -0.3 is 10.1 Å². The Morgan fingerprint density at radius 3 is 2.75 bits per heavy atom. The molecule has 1 spiro atoms. The van der Waals surface area contributed by atoms with E-state index in [-0.39, 0.29) is 5.60 Å². The second-order valence-electron chi connectivity index (χ2n) is 5.17. The van der Waals surface area contributed by atoms with Crippen molar-refractivity contribution in [2.24, 2.45) is 0 Å². The first kappa shape index (κ1) is 12.6. The van der Waals surface area contributed by atoms with Gasteiger partial charge in [-0.25, -0.2) is 0 Å². The fraction of sp³-hybridized carbons (Fsp3) is 0.846. The predicted molar refractivity (Wildman–Crippen MR) is 70.9 cm³/mol. The van der Waals surface area contributed by atoms with Crippen molar-refractivity contribution in [3.8, 4) is 0 Å². The predicted octanol–water partition coefficient (Wildman–Crippen LogP) is 3.37. The molecule has 2 nitrogen and oxygen atoms in total. The summed E-state index contributed by atoms with van der Waals surface area (Å²) in [5.74, 6) is 0. The Kier molecular flexibility index (Phi) is 4.45. The molecule has 2 aliphatic rings. The van der Waals surface area contributed by atoms with Gasteiger partial charge in [0.15, 0.2) is 0 Å². The van der Waals surface area contributed by atoms with Crippen LogP contribution in [0.1, 0.15) is 44.9 Å². The van der Waals surface area contributed by atoms with Crippen LogP contribution in [-0.4, -0.2) is 24.8 Å². The number of hydrogen-bond acceptors (Lipinski definition) is 2. The van der Waals surface area contributed by atoms with Crippen LogP contribution in [0.5, 0.6) is 0 Å². The Bertz CT molecular complexity index is 248. The zero-order chi connectivity index (χ0) is 11.4. The molecule has 1 atom stereocenters. The molecule has 16 heavy (non-hydrogen) atoms.